The van der Waals surface area contributed by atoms with E-state index < -0.39 is 18.8 Å². The van der Waals surface area contributed by atoms with E-state index >= 15 is 0 Å². The Labute approximate surface area is 98.6 Å². The smallest absolute Gasteiger partial charge is 0.426 e. The summed E-state index contributed by atoms with van der Waals surface area (Å²) in [7, 11) is 0. The molecule has 17 heavy (non-hydrogen) atoms. The SMILES string of the molecule is CCCc1ccc(OC(CN)C(F)(F)F)cc1. The predicted octanol–water partition coefficient (Wildman–Crippen LogP) is 2.91. The van der Waals surface area contributed by atoms with Gasteiger partial charge in [-0.05, 0) is 24.1 Å². The number of aryl methyl sites for hydroxylation is 1. The van der Waals surface area contributed by atoms with Crippen molar-refractivity contribution in [3.05, 3.63) is 29.8 Å². The van der Waals surface area contributed by atoms with Crippen LogP contribution in [-0.2, 0) is 6.42 Å². The number of rotatable bonds is 5. The van der Waals surface area contributed by atoms with E-state index in [1.807, 2.05) is 6.92 Å². The molecule has 2 nitrogen and oxygen atoms in total. The molecule has 0 aliphatic heterocycles. The van der Waals surface area contributed by atoms with Crippen molar-refractivity contribution in [2.75, 3.05) is 6.54 Å². The number of ether oxygens (including phenoxy) is 1. The van der Waals surface area contributed by atoms with Crippen LogP contribution in [0, 0.1) is 0 Å². The molecule has 1 atom stereocenters. The molecule has 1 aromatic rings. The van der Waals surface area contributed by atoms with Crippen molar-refractivity contribution in [1.82, 2.24) is 0 Å². The van der Waals surface area contributed by atoms with Crippen LogP contribution < -0.4 is 10.5 Å². The summed E-state index contributed by atoms with van der Waals surface area (Å²) in [5.41, 5.74) is 6.12. The minimum atomic E-state index is -4.43. The Kier molecular flexibility index (Phi) is 4.81. The van der Waals surface area contributed by atoms with E-state index in [1.165, 1.54) is 0 Å². The lowest BCUT2D eigenvalue weighted by Crippen LogP contribution is -2.40. The standard InChI is InChI=1S/C12H16F3NO/c1-2-3-9-4-6-10(7-5-9)17-11(8-16)12(13,14)15/h4-7,11H,2-3,8,16H2,1H3. The first-order chi connectivity index (χ1) is 7.97. The molecule has 5 heteroatoms. The predicted molar refractivity (Wildman–Crippen MR) is 60.0 cm³/mol. The molecule has 0 heterocycles. The molecule has 0 fully saturated rings. The quantitative estimate of drug-likeness (QED) is 0.868. The molecule has 0 bridgehead atoms. The van der Waals surface area contributed by atoms with Gasteiger partial charge in [0.15, 0.2) is 0 Å². The van der Waals surface area contributed by atoms with Gasteiger partial charge in [0.1, 0.15) is 5.75 Å². The van der Waals surface area contributed by atoms with Crippen LogP contribution in [0.4, 0.5) is 13.2 Å². The second kappa shape index (κ2) is 5.91. The molecule has 96 valence electrons. The molecule has 0 aromatic heterocycles. The second-order valence-corrected chi connectivity index (χ2v) is 3.78. The van der Waals surface area contributed by atoms with Gasteiger partial charge in [0.2, 0.25) is 6.10 Å². The van der Waals surface area contributed by atoms with E-state index in [0.29, 0.717) is 0 Å². The van der Waals surface area contributed by atoms with Crippen LogP contribution in [0.1, 0.15) is 18.9 Å². The summed E-state index contributed by atoms with van der Waals surface area (Å²) < 4.78 is 42.0. The highest BCUT2D eigenvalue weighted by Crippen LogP contribution is 2.24. The summed E-state index contributed by atoms with van der Waals surface area (Å²) in [6, 6.07) is 6.62. The molecule has 2 N–H and O–H groups in total. The van der Waals surface area contributed by atoms with Crippen LogP contribution in [0.3, 0.4) is 0 Å². The highest BCUT2D eigenvalue weighted by atomic mass is 19.4. The van der Waals surface area contributed by atoms with Gasteiger partial charge in [0, 0.05) is 6.54 Å². The number of nitrogens with two attached hydrogens (primary N) is 1. The lowest BCUT2D eigenvalue weighted by molar-refractivity contribution is -0.191. The van der Waals surface area contributed by atoms with Crippen LogP contribution in [-0.4, -0.2) is 18.8 Å². The molecule has 0 spiro atoms. The van der Waals surface area contributed by atoms with Gasteiger partial charge in [-0.2, -0.15) is 13.2 Å². The van der Waals surface area contributed by atoms with Crippen molar-refractivity contribution in [3.63, 3.8) is 0 Å². The summed E-state index contributed by atoms with van der Waals surface area (Å²) in [6.45, 7) is 1.46. The third-order valence-corrected chi connectivity index (χ3v) is 2.32. The summed E-state index contributed by atoms with van der Waals surface area (Å²) in [4.78, 5) is 0. The van der Waals surface area contributed by atoms with E-state index in [9.17, 15) is 13.2 Å². The van der Waals surface area contributed by atoms with Gasteiger partial charge < -0.3 is 10.5 Å². The fraction of sp³-hybridized carbons (Fsp3) is 0.500. The van der Waals surface area contributed by atoms with Gasteiger partial charge >= 0.3 is 6.18 Å². The highest BCUT2D eigenvalue weighted by molar-refractivity contribution is 5.27. The van der Waals surface area contributed by atoms with E-state index in [-0.39, 0.29) is 5.75 Å². The van der Waals surface area contributed by atoms with Crippen molar-refractivity contribution in [3.8, 4) is 5.75 Å². The molecule has 1 rings (SSSR count). The first kappa shape index (κ1) is 13.8. The number of benzene rings is 1. The highest BCUT2D eigenvalue weighted by Gasteiger charge is 2.40. The fourth-order valence-corrected chi connectivity index (χ4v) is 1.44. The maximum absolute atomic E-state index is 12.4. The summed E-state index contributed by atoms with van der Waals surface area (Å²) in [6.07, 6.45) is -4.48. The maximum atomic E-state index is 12.4. The minimum Gasteiger partial charge on any atom is -0.480 e. The number of alkyl halides is 3. The zero-order chi connectivity index (χ0) is 12.9. The normalized spacial score (nSPS) is 13.5. The minimum absolute atomic E-state index is 0.192. The number of hydrogen-bond acceptors (Lipinski definition) is 2. The molecule has 0 radical (unpaired) electrons. The first-order valence-electron chi connectivity index (χ1n) is 5.49. The largest absolute Gasteiger partial charge is 0.480 e. The zero-order valence-corrected chi connectivity index (χ0v) is 9.63. The van der Waals surface area contributed by atoms with E-state index in [0.717, 1.165) is 18.4 Å². The molecular formula is C12H16F3NO. The lowest BCUT2D eigenvalue weighted by atomic mass is 10.1. The van der Waals surface area contributed by atoms with Crippen molar-refractivity contribution in [2.45, 2.75) is 32.0 Å². The van der Waals surface area contributed by atoms with Crippen molar-refractivity contribution in [1.29, 1.82) is 0 Å². The topological polar surface area (TPSA) is 35.2 Å². The van der Waals surface area contributed by atoms with Gasteiger partial charge in [-0.1, -0.05) is 25.5 Å². The Morgan fingerprint density at radius 2 is 1.82 bits per heavy atom. The third-order valence-electron chi connectivity index (χ3n) is 2.32. The van der Waals surface area contributed by atoms with Gasteiger partial charge in [0.25, 0.3) is 0 Å². The van der Waals surface area contributed by atoms with Crippen molar-refractivity contribution >= 4 is 0 Å². The van der Waals surface area contributed by atoms with Crippen LogP contribution in [0.15, 0.2) is 24.3 Å². The molecule has 1 unspecified atom stereocenters. The Balaban J connectivity index is 2.67. The Morgan fingerprint density at radius 1 is 1.24 bits per heavy atom. The second-order valence-electron chi connectivity index (χ2n) is 3.78. The summed E-state index contributed by atoms with van der Waals surface area (Å²) in [5, 5.41) is 0. The lowest BCUT2D eigenvalue weighted by Gasteiger charge is -2.20. The monoisotopic (exact) mass is 247 g/mol. The Bertz CT molecular complexity index is 335. The maximum Gasteiger partial charge on any atom is 0.426 e. The number of hydrogen-bond donors (Lipinski definition) is 1. The van der Waals surface area contributed by atoms with Crippen LogP contribution >= 0.6 is 0 Å². The van der Waals surface area contributed by atoms with Crippen LogP contribution in [0.25, 0.3) is 0 Å². The first-order valence-corrected chi connectivity index (χ1v) is 5.49. The average Bonchev–Trinajstić information content (AvgIpc) is 2.27. The fourth-order valence-electron chi connectivity index (χ4n) is 1.44. The van der Waals surface area contributed by atoms with Crippen LogP contribution in [0.2, 0.25) is 0 Å². The molecule has 0 saturated carbocycles. The van der Waals surface area contributed by atoms with E-state index in [2.05, 4.69) is 0 Å². The van der Waals surface area contributed by atoms with Crippen molar-refractivity contribution in [2.24, 2.45) is 5.73 Å². The van der Waals surface area contributed by atoms with Gasteiger partial charge in [-0.3, -0.25) is 0 Å². The molecule has 1 aromatic carbocycles. The summed E-state index contributed by atoms with van der Waals surface area (Å²) >= 11 is 0. The van der Waals surface area contributed by atoms with Gasteiger partial charge in [-0.25, -0.2) is 0 Å². The van der Waals surface area contributed by atoms with Gasteiger partial charge in [0.05, 0.1) is 0 Å². The van der Waals surface area contributed by atoms with Gasteiger partial charge in [-0.15, -0.1) is 0 Å². The third kappa shape index (κ3) is 4.26. The Morgan fingerprint density at radius 3 is 2.24 bits per heavy atom. The molecule has 0 aliphatic rings. The summed E-state index contributed by atoms with van der Waals surface area (Å²) in [5.74, 6) is 0.192. The molecule has 0 saturated heterocycles. The van der Waals surface area contributed by atoms with Crippen molar-refractivity contribution < 1.29 is 17.9 Å². The molecule has 0 amide bonds. The average molecular weight is 247 g/mol. The van der Waals surface area contributed by atoms with E-state index in [1.54, 1.807) is 24.3 Å². The zero-order valence-electron chi connectivity index (χ0n) is 9.63. The molecule has 0 aliphatic carbocycles. The van der Waals surface area contributed by atoms with E-state index in [4.69, 9.17) is 10.5 Å². The number of halogens is 3. The Hall–Kier alpha value is -1.23. The molecular weight excluding hydrogens is 231 g/mol. The van der Waals surface area contributed by atoms with Crippen LogP contribution in [0.5, 0.6) is 5.75 Å².